The first-order valence-corrected chi connectivity index (χ1v) is 6.17. The first kappa shape index (κ1) is 16.5. The van der Waals surface area contributed by atoms with Crippen molar-refractivity contribution in [2.45, 2.75) is 26.7 Å². The summed E-state index contributed by atoms with van der Waals surface area (Å²) in [6.07, 6.45) is 0.382. The van der Waals surface area contributed by atoms with Crippen LogP contribution in [0.1, 0.15) is 26.7 Å². The molecule has 112 valence electrons. The van der Waals surface area contributed by atoms with Crippen molar-refractivity contribution >= 4 is 17.3 Å². The smallest absolute Gasteiger partial charge is 0.307 e. The summed E-state index contributed by atoms with van der Waals surface area (Å²) in [6.45, 7) is 3.24. The molecule has 0 aromatic heterocycles. The van der Waals surface area contributed by atoms with Crippen LogP contribution in [0.2, 0.25) is 0 Å². The van der Waals surface area contributed by atoms with Crippen molar-refractivity contribution in [2.24, 2.45) is 5.41 Å². The highest BCUT2D eigenvalue weighted by molar-refractivity contribution is 5.97. The van der Waals surface area contributed by atoms with E-state index in [0.29, 0.717) is 12.1 Å². The van der Waals surface area contributed by atoms with Gasteiger partial charge in [0.25, 0.3) is 0 Å². The topological polar surface area (TPSA) is 96.0 Å². The van der Waals surface area contributed by atoms with E-state index in [1.165, 1.54) is 0 Å². The molecule has 0 aliphatic heterocycles. The van der Waals surface area contributed by atoms with E-state index in [1.54, 1.807) is 13.8 Å². The third-order valence-electron chi connectivity index (χ3n) is 3.34. The zero-order valence-electron chi connectivity index (χ0n) is 11.4. The fourth-order valence-electron chi connectivity index (χ4n) is 1.80. The van der Waals surface area contributed by atoms with E-state index in [-0.39, 0.29) is 12.8 Å². The van der Waals surface area contributed by atoms with Crippen LogP contribution in [0.5, 0.6) is 0 Å². The molecule has 0 saturated heterocycles. The summed E-state index contributed by atoms with van der Waals surface area (Å²) >= 11 is 0. The van der Waals surface area contributed by atoms with E-state index in [2.05, 4.69) is 5.32 Å². The number of nitrogens with one attached hydrogen (secondary N) is 1. The van der Waals surface area contributed by atoms with Crippen molar-refractivity contribution < 1.29 is 18.5 Å². The first-order chi connectivity index (χ1) is 9.81. The summed E-state index contributed by atoms with van der Waals surface area (Å²) in [4.78, 5) is 21.7. The van der Waals surface area contributed by atoms with Crippen LogP contribution in [-0.2, 0) is 4.79 Å². The molecule has 0 heterocycles. The highest BCUT2D eigenvalue weighted by Gasteiger charge is 2.35. The number of hydrogen-bond donors (Lipinski definition) is 1. The van der Waals surface area contributed by atoms with Crippen LogP contribution in [0.3, 0.4) is 0 Å². The molecule has 1 amide bonds. The van der Waals surface area contributed by atoms with Crippen LogP contribution in [-0.4, -0.2) is 10.8 Å². The van der Waals surface area contributed by atoms with Crippen LogP contribution in [0.15, 0.2) is 12.1 Å². The summed E-state index contributed by atoms with van der Waals surface area (Å²) < 4.78 is 26.8. The van der Waals surface area contributed by atoms with Gasteiger partial charge in [0, 0.05) is 12.1 Å². The fourth-order valence-corrected chi connectivity index (χ4v) is 1.80. The van der Waals surface area contributed by atoms with E-state index >= 15 is 0 Å². The van der Waals surface area contributed by atoms with Gasteiger partial charge in [-0.15, -0.1) is 0 Å². The third-order valence-corrected chi connectivity index (χ3v) is 3.34. The van der Waals surface area contributed by atoms with E-state index in [9.17, 15) is 23.7 Å². The molecule has 0 aliphatic rings. The maximum absolute atomic E-state index is 13.6. The molecule has 1 rings (SSSR count). The number of carbonyl (C=O) groups is 1. The molecule has 6 nitrogen and oxygen atoms in total. The number of benzene rings is 1. The lowest BCUT2D eigenvalue weighted by molar-refractivity contribution is -0.387. The number of carbonyl (C=O) groups excluding carboxylic acids is 1. The number of nitrogens with zero attached hydrogens (tertiary/aromatic N) is 2. The summed E-state index contributed by atoms with van der Waals surface area (Å²) in [5, 5.41) is 21.8. The fraction of sp³-hybridized carbons (Fsp3) is 0.385. The van der Waals surface area contributed by atoms with Gasteiger partial charge in [0.15, 0.2) is 0 Å². The molecule has 8 heteroatoms. The molecule has 0 saturated carbocycles. The Morgan fingerprint density at radius 1 is 1.38 bits per heavy atom. The molecule has 1 N–H and O–H groups in total. The molecule has 0 spiro atoms. The number of nitro benzene ring substituents is 1. The zero-order chi connectivity index (χ0) is 16.2. The summed E-state index contributed by atoms with van der Waals surface area (Å²) in [5.74, 6) is -3.27. The predicted molar refractivity (Wildman–Crippen MR) is 70.3 cm³/mol. The lowest BCUT2D eigenvalue weighted by Gasteiger charge is -2.22. The van der Waals surface area contributed by atoms with Crippen LogP contribution in [0.4, 0.5) is 20.2 Å². The number of nitriles is 1. The largest absolute Gasteiger partial charge is 0.322 e. The Balaban J connectivity index is 3.20. The maximum Gasteiger partial charge on any atom is 0.307 e. The molecule has 0 atom stereocenters. The number of nitro groups is 1. The minimum Gasteiger partial charge on any atom is -0.322 e. The Morgan fingerprint density at radius 3 is 2.38 bits per heavy atom. The SMILES string of the molecule is CCC(C#N)(CC)C(=O)Nc1cc([N+](=O)[O-])c(F)cc1F. The second kappa shape index (κ2) is 6.26. The van der Waals surface area contributed by atoms with Crippen molar-refractivity contribution in [3.05, 3.63) is 33.9 Å². The third kappa shape index (κ3) is 3.13. The van der Waals surface area contributed by atoms with Crippen LogP contribution < -0.4 is 5.32 Å². The number of hydrogen-bond acceptors (Lipinski definition) is 4. The molecule has 21 heavy (non-hydrogen) atoms. The van der Waals surface area contributed by atoms with Crippen LogP contribution >= 0.6 is 0 Å². The monoisotopic (exact) mass is 297 g/mol. The first-order valence-electron chi connectivity index (χ1n) is 6.17. The van der Waals surface area contributed by atoms with Gasteiger partial charge in [0.2, 0.25) is 11.7 Å². The van der Waals surface area contributed by atoms with Crippen molar-refractivity contribution in [1.29, 1.82) is 5.26 Å². The molecule has 0 bridgehead atoms. The Bertz CT molecular complexity index is 622. The van der Waals surface area contributed by atoms with Gasteiger partial charge in [-0.2, -0.15) is 9.65 Å². The Hall–Kier alpha value is -2.56. The highest BCUT2D eigenvalue weighted by atomic mass is 19.1. The zero-order valence-corrected chi connectivity index (χ0v) is 11.4. The minimum atomic E-state index is -1.37. The molecular weight excluding hydrogens is 284 g/mol. The van der Waals surface area contributed by atoms with Crippen molar-refractivity contribution in [1.82, 2.24) is 0 Å². The average Bonchev–Trinajstić information content (AvgIpc) is 2.44. The molecule has 1 aromatic carbocycles. The van der Waals surface area contributed by atoms with Crippen molar-refractivity contribution in [3.63, 3.8) is 0 Å². The molecule has 0 aliphatic carbocycles. The molecule has 0 fully saturated rings. The average molecular weight is 297 g/mol. The molecule has 0 unspecified atom stereocenters. The number of amides is 1. The van der Waals surface area contributed by atoms with Crippen molar-refractivity contribution in [3.8, 4) is 6.07 Å². The second-order valence-corrected chi connectivity index (χ2v) is 4.40. The van der Waals surface area contributed by atoms with Crippen LogP contribution in [0, 0.1) is 38.5 Å². The van der Waals surface area contributed by atoms with Gasteiger partial charge in [-0.25, -0.2) is 4.39 Å². The lowest BCUT2D eigenvalue weighted by Crippen LogP contribution is -2.34. The van der Waals surface area contributed by atoms with E-state index in [1.807, 2.05) is 6.07 Å². The Kier molecular flexibility index (Phi) is 4.92. The summed E-state index contributed by atoms with van der Waals surface area (Å²) in [7, 11) is 0. The summed E-state index contributed by atoms with van der Waals surface area (Å²) in [6, 6.07) is 2.77. The van der Waals surface area contributed by atoms with Gasteiger partial charge in [0.1, 0.15) is 11.2 Å². The minimum absolute atomic E-state index is 0.191. The van der Waals surface area contributed by atoms with Gasteiger partial charge in [-0.3, -0.25) is 14.9 Å². The normalized spacial score (nSPS) is 10.8. The highest BCUT2D eigenvalue weighted by Crippen LogP contribution is 2.30. The number of rotatable bonds is 5. The van der Waals surface area contributed by atoms with Crippen LogP contribution in [0.25, 0.3) is 0 Å². The van der Waals surface area contributed by atoms with Gasteiger partial charge < -0.3 is 5.32 Å². The van der Waals surface area contributed by atoms with Gasteiger partial charge in [0.05, 0.1) is 16.7 Å². The lowest BCUT2D eigenvalue weighted by atomic mass is 9.83. The van der Waals surface area contributed by atoms with E-state index in [0.717, 1.165) is 0 Å². The standard InChI is InChI=1S/C13H13F2N3O3/c1-3-13(4-2,7-16)12(19)17-10-6-11(18(20)21)9(15)5-8(10)14/h5-6H,3-4H2,1-2H3,(H,17,19). The number of anilines is 1. The van der Waals surface area contributed by atoms with Gasteiger partial charge >= 0.3 is 5.69 Å². The Morgan fingerprint density at radius 2 is 1.95 bits per heavy atom. The quantitative estimate of drug-likeness (QED) is 0.667. The molecular formula is C13H13F2N3O3. The summed E-state index contributed by atoms with van der Waals surface area (Å²) in [5.41, 5.74) is -2.85. The second-order valence-electron chi connectivity index (χ2n) is 4.40. The van der Waals surface area contributed by atoms with Gasteiger partial charge in [-0.1, -0.05) is 13.8 Å². The van der Waals surface area contributed by atoms with Crippen molar-refractivity contribution in [2.75, 3.05) is 5.32 Å². The predicted octanol–water partition coefficient (Wildman–Crippen LogP) is 3.14. The Labute approximate surface area is 119 Å². The van der Waals surface area contributed by atoms with Gasteiger partial charge in [-0.05, 0) is 12.8 Å². The van der Waals surface area contributed by atoms with E-state index < -0.39 is 39.3 Å². The van der Waals surface area contributed by atoms with E-state index in [4.69, 9.17) is 5.26 Å². The number of halogens is 2. The molecule has 0 radical (unpaired) electrons. The maximum atomic E-state index is 13.6. The molecule has 1 aromatic rings.